The topological polar surface area (TPSA) is 58.4 Å². The number of rotatable bonds is 3. The number of nitrogens with zero attached hydrogens (tertiary/aromatic N) is 3. The number of hydrogen-bond donors (Lipinski definition) is 1. The largest absolute Gasteiger partial charge is 0.481 e. The maximum atomic E-state index is 11.1. The normalized spacial score (nSPS) is 27.2. The van der Waals surface area contributed by atoms with Crippen molar-refractivity contribution in [2.75, 3.05) is 6.54 Å². The highest BCUT2D eigenvalue weighted by molar-refractivity contribution is 5.71. The van der Waals surface area contributed by atoms with Crippen LogP contribution in [0.1, 0.15) is 32.0 Å². The van der Waals surface area contributed by atoms with E-state index in [9.17, 15) is 4.79 Å². The monoisotopic (exact) mass is 237 g/mol. The highest BCUT2D eigenvalue weighted by atomic mass is 16.4. The van der Waals surface area contributed by atoms with Crippen LogP contribution in [-0.4, -0.2) is 38.3 Å². The van der Waals surface area contributed by atoms with Crippen LogP contribution in [0.25, 0.3) is 0 Å². The zero-order valence-electron chi connectivity index (χ0n) is 10.5. The van der Waals surface area contributed by atoms with Crippen molar-refractivity contribution in [3.63, 3.8) is 0 Å². The lowest BCUT2D eigenvalue weighted by Crippen LogP contribution is -2.35. The number of carbonyl (C=O) groups is 1. The summed E-state index contributed by atoms with van der Waals surface area (Å²) in [7, 11) is 1.92. The molecule has 94 valence electrons. The third-order valence-corrected chi connectivity index (χ3v) is 3.91. The van der Waals surface area contributed by atoms with E-state index >= 15 is 0 Å². The maximum absolute atomic E-state index is 11.1. The summed E-state index contributed by atoms with van der Waals surface area (Å²) in [6.45, 7) is 4.95. The minimum atomic E-state index is -0.683. The zero-order chi connectivity index (χ0) is 12.6. The first-order chi connectivity index (χ1) is 8.02. The van der Waals surface area contributed by atoms with Crippen LogP contribution in [0.2, 0.25) is 0 Å². The van der Waals surface area contributed by atoms with E-state index in [0.717, 1.165) is 18.7 Å². The summed E-state index contributed by atoms with van der Waals surface area (Å²) in [5.41, 5.74) is 1.13. The van der Waals surface area contributed by atoms with Crippen LogP contribution in [0.3, 0.4) is 0 Å². The van der Waals surface area contributed by atoms with Gasteiger partial charge in [-0.1, -0.05) is 0 Å². The second-order valence-corrected chi connectivity index (χ2v) is 4.77. The molecule has 0 amide bonds. The summed E-state index contributed by atoms with van der Waals surface area (Å²) < 4.78 is 1.85. The van der Waals surface area contributed by atoms with Crippen molar-refractivity contribution in [2.24, 2.45) is 13.0 Å². The molecule has 1 saturated heterocycles. The Kier molecular flexibility index (Phi) is 3.19. The molecule has 1 fully saturated rings. The van der Waals surface area contributed by atoms with Crippen LogP contribution in [0.5, 0.6) is 0 Å². The number of carboxylic acid groups (broad SMARTS) is 1. The predicted octanol–water partition coefficient (Wildman–Crippen LogP) is 1.28. The van der Waals surface area contributed by atoms with Crippen molar-refractivity contribution in [3.05, 3.63) is 18.0 Å². The van der Waals surface area contributed by atoms with Gasteiger partial charge >= 0.3 is 5.97 Å². The molecule has 2 heterocycles. The Hall–Kier alpha value is -1.36. The first-order valence-corrected chi connectivity index (χ1v) is 5.99. The zero-order valence-corrected chi connectivity index (χ0v) is 10.5. The van der Waals surface area contributed by atoms with E-state index in [2.05, 4.69) is 16.9 Å². The molecule has 1 N–H and O–H groups in total. The van der Waals surface area contributed by atoms with Crippen molar-refractivity contribution in [1.29, 1.82) is 0 Å². The smallest absolute Gasteiger partial charge is 0.308 e. The van der Waals surface area contributed by atoms with Crippen LogP contribution in [0.15, 0.2) is 12.3 Å². The second kappa shape index (κ2) is 4.49. The summed E-state index contributed by atoms with van der Waals surface area (Å²) in [4.78, 5) is 13.3. The van der Waals surface area contributed by atoms with E-state index < -0.39 is 5.97 Å². The van der Waals surface area contributed by atoms with Crippen molar-refractivity contribution >= 4 is 5.97 Å². The Labute approximate surface area is 101 Å². The van der Waals surface area contributed by atoms with E-state index in [4.69, 9.17) is 5.11 Å². The number of aryl methyl sites for hydroxylation is 1. The van der Waals surface area contributed by atoms with Gasteiger partial charge in [0.15, 0.2) is 0 Å². The molecule has 1 aromatic rings. The summed E-state index contributed by atoms with van der Waals surface area (Å²) in [6, 6.07) is 2.28. The first kappa shape index (κ1) is 12.1. The molecule has 0 saturated carbocycles. The third-order valence-electron chi connectivity index (χ3n) is 3.91. The average molecular weight is 237 g/mol. The van der Waals surface area contributed by atoms with Crippen LogP contribution < -0.4 is 0 Å². The van der Waals surface area contributed by atoms with Crippen molar-refractivity contribution in [3.8, 4) is 0 Å². The van der Waals surface area contributed by atoms with Gasteiger partial charge < -0.3 is 5.11 Å². The highest BCUT2D eigenvalue weighted by Crippen LogP contribution is 2.32. The molecular formula is C12H19N3O2. The minimum absolute atomic E-state index is 0.0809. The van der Waals surface area contributed by atoms with Crippen LogP contribution in [-0.2, 0) is 11.8 Å². The van der Waals surface area contributed by atoms with Gasteiger partial charge in [0.25, 0.3) is 0 Å². The molecule has 0 aromatic carbocycles. The molecule has 5 heteroatoms. The Morgan fingerprint density at radius 2 is 2.35 bits per heavy atom. The van der Waals surface area contributed by atoms with Gasteiger partial charge in [-0.15, -0.1) is 0 Å². The SMILES string of the molecule is CC(c1ccnn1C)N1CCC(C(=O)O)C1C. The average Bonchev–Trinajstić information content (AvgIpc) is 2.83. The number of hydrogen-bond acceptors (Lipinski definition) is 3. The summed E-state index contributed by atoms with van der Waals surface area (Å²) >= 11 is 0. The number of likely N-dealkylation sites (tertiary alicyclic amines) is 1. The quantitative estimate of drug-likeness (QED) is 0.860. The highest BCUT2D eigenvalue weighted by Gasteiger charge is 2.38. The van der Waals surface area contributed by atoms with Gasteiger partial charge in [0.05, 0.1) is 11.6 Å². The molecule has 1 aliphatic rings. The lowest BCUT2D eigenvalue weighted by atomic mass is 10.0. The van der Waals surface area contributed by atoms with E-state index in [-0.39, 0.29) is 18.0 Å². The molecule has 0 bridgehead atoms. The lowest BCUT2D eigenvalue weighted by Gasteiger charge is -2.29. The fourth-order valence-corrected chi connectivity index (χ4v) is 2.80. The molecule has 0 spiro atoms. The Bertz CT molecular complexity index is 416. The molecule has 2 rings (SSSR count). The predicted molar refractivity (Wildman–Crippen MR) is 63.5 cm³/mol. The van der Waals surface area contributed by atoms with Gasteiger partial charge in [0.1, 0.15) is 0 Å². The number of aliphatic carboxylic acids is 1. The van der Waals surface area contributed by atoms with E-state index in [1.807, 2.05) is 24.7 Å². The van der Waals surface area contributed by atoms with Crippen molar-refractivity contribution in [2.45, 2.75) is 32.4 Å². The second-order valence-electron chi connectivity index (χ2n) is 4.77. The first-order valence-electron chi connectivity index (χ1n) is 5.99. The van der Waals surface area contributed by atoms with E-state index in [1.54, 1.807) is 6.20 Å². The summed E-state index contributed by atoms with van der Waals surface area (Å²) in [6.07, 6.45) is 2.51. The van der Waals surface area contributed by atoms with E-state index in [0.29, 0.717) is 0 Å². The number of aromatic nitrogens is 2. The van der Waals surface area contributed by atoms with E-state index in [1.165, 1.54) is 0 Å². The molecule has 17 heavy (non-hydrogen) atoms. The molecule has 1 aliphatic heterocycles. The van der Waals surface area contributed by atoms with Crippen LogP contribution in [0, 0.1) is 5.92 Å². The van der Waals surface area contributed by atoms with Gasteiger partial charge in [0, 0.05) is 25.3 Å². The molecule has 1 aromatic heterocycles. The van der Waals surface area contributed by atoms with Gasteiger partial charge in [-0.2, -0.15) is 5.10 Å². The van der Waals surface area contributed by atoms with Gasteiger partial charge in [-0.05, 0) is 32.9 Å². The van der Waals surface area contributed by atoms with Gasteiger partial charge in [0.2, 0.25) is 0 Å². The van der Waals surface area contributed by atoms with Crippen LogP contribution in [0.4, 0.5) is 0 Å². The summed E-state index contributed by atoms with van der Waals surface area (Å²) in [5, 5.41) is 13.3. The number of carboxylic acids is 1. The van der Waals surface area contributed by atoms with Crippen LogP contribution >= 0.6 is 0 Å². The van der Waals surface area contributed by atoms with Crippen molar-refractivity contribution in [1.82, 2.24) is 14.7 Å². The maximum Gasteiger partial charge on any atom is 0.308 e. The molecule has 3 atom stereocenters. The van der Waals surface area contributed by atoms with Crippen molar-refractivity contribution < 1.29 is 9.90 Å². The fourth-order valence-electron chi connectivity index (χ4n) is 2.80. The molecule has 0 aliphatic carbocycles. The molecule has 3 unspecified atom stereocenters. The molecule has 5 nitrogen and oxygen atoms in total. The molecular weight excluding hydrogens is 218 g/mol. The fraction of sp³-hybridized carbons (Fsp3) is 0.667. The Morgan fingerprint density at radius 1 is 1.65 bits per heavy atom. The third kappa shape index (κ3) is 2.07. The molecule has 0 radical (unpaired) electrons. The van der Waals surface area contributed by atoms with Gasteiger partial charge in [-0.25, -0.2) is 0 Å². The minimum Gasteiger partial charge on any atom is -0.481 e. The summed E-state index contributed by atoms with van der Waals surface area (Å²) in [5.74, 6) is -0.928. The lowest BCUT2D eigenvalue weighted by molar-refractivity contribution is -0.142. The Balaban J connectivity index is 2.14. The standard InChI is InChI=1S/C12H19N3O2/c1-8-10(12(16)17)5-7-15(8)9(2)11-4-6-13-14(11)3/h4,6,8-10H,5,7H2,1-3H3,(H,16,17). The Morgan fingerprint density at radius 3 is 2.82 bits per heavy atom. The van der Waals surface area contributed by atoms with Gasteiger partial charge in [-0.3, -0.25) is 14.4 Å².